The van der Waals surface area contributed by atoms with E-state index in [-0.39, 0.29) is 23.3 Å². The summed E-state index contributed by atoms with van der Waals surface area (Å²) in [4.78, 5) is 4.60. The van der Waals surface area contributed by atoms with Crippen LogP contribution in [0.5, 0.6) is 23.0 Å². The highest BCUT2D eigenvalue weighted by molar-refractivity contribution is 6.09. The van der Waals surface area contributed by atoms with E-state index in [2.05, 4.69) is 241 Å². The summed E-state index contributed by atoms with van der Waals surface area (Å²) in [5, 5.41) is 1.74. The minimum atomic E-state index is -0.958. The summed E-state index contributed by atoms with van der Waals surface area (Å²) < 4.78 is 79.7. The molecule has 0 bridgehead atoms. The largest absolute Gasteiger partial charge is 0.457 e. The molecule has 0 fully saturated rings. The zero-order chi connectivity index (χ0) is 82.9. The van der Waals surface area contributed by atoms with Gasteiger partial charge in [-0.25, -0.2) is 17.6 Å². The third-order valence-electron chi connectivity index (χ3n) is 24.4. The van der Waals surface area contributed by atoms with Crippen molar-refractivity contribution >= 4 is 68.2 Å². The maximum absolute atomic E-state index is 15.5. The third-order valence-corrected chi connectivity index (χ3v) is 24.4. The third kappa shape index (κ3) is 13.3. The fourth-order valence-corrected chi connectivity index (χ4v) is 18.5. The van der Waals surface area contributed by atoms with E-state index in [1.807, 2.05) is 121 Å². The van der Waals surface area contributed by atoms with Gasteiger partial charge in [0.25, 0.3) is 0 Å². The van der Waals surface area contributed by atoms with Crippen molar-refractivity contribution in [1.29, 1.82) is 0 Å². The number of rotatable bonds is 20. The standard InChI is InChI=1S/C114H74F4N2O3/c1-3-73-19-55-97(56-20-73)121-99-59-35-85(36-60-99)113(83-31-43-89(117)44-32-83)107-17-7-5-15-101(107)103-63-51-95(71-109(103)113)119(91-47-27-77(28-48-91)81-13-9-11-79(67-81)75-23-39-87(115)40-24-75)93-53-65-111-105(69-93)106-70-94(54-66-112(106)123-111)120(92-49-29-78(30-50-92)82-14-10-12-80(68-82)76-25-41-88(116)42-26-76)96-52-64-104-102-16-6-8-18-108(102)114(110(104)72-96,84-33-45-90(118)46-34-84)86-37-61-100(62-38-86)122-98-57-21-74(4-2)22-58-98/h3-72H,1-2H2. The van der Waals surface area contributed by atoms with Crippen molar-refractivity contribution in [1.82, 2.24) is 0 Å². The SMILES string of the molecule is C=Cc1ccc(Oc2ccc(C3(c4ccc(F)cc4)c4ccccc4-c4ccc(N(c5ccc(-c6cccc(-c7ccc(F)cc7)c6)cc5)c5ccc6oc7ccc(N(c8ccc(-c9cccc(-c%10ccc(F)cc%10)c9)cc8)c8ccc9c(c8)C(c8ccc(F)cc8)(c8ccc(Oc%10ccc(C=C)cc%10)cc8)c8ccccc8-9)cc7c6c5)cc43)cc2)cc1. The predicted octanol–water partition coefficient (Wildman–Crippen LogP) is 31.3. The van der Waals surface area contributed by atoms with Crippen LogP contribution < -0.4 is 19.3 Å². The molecule has 0 aliphatic heterocycles. The van der Waals surface area contributed by atoms with Crippen molar-refractivity contribution in [3.05, 3.63) is 505 Å². The number of hydrogen-bond donors (Lipinski definition) is 0. The Kier molecular flexibility index (Phi) is 18.7. The maximum atomic E-state index is 15.5. The molecule has 123 heavy (non-hydrogen) atoms. The molecule has 0 radical (unpaired) electrons. The van der Waals surface area contributed by atoms with Crippen LogP contribution in [0.4, 0.5) is 51.7 Å². The quantitative estimate of drug-likeness (QED) is 0.0711. The second-order valence-electron chi connectivity index (χ2n) is 31.3. The van der Waals surface area contributed by atoms with Crippen molar-refractivity contribution in [2.75, 3.05) is 9.80 Å². The molecule has 18 aromatic carbocycles. The topological polar surface area (TPSA) is 38.1 Å². The number of nitrogens with zero attached hydrogens (tertiary/aromatic N) is 2. The van der Waals surface area contributed by atoms with Gasteiger partial charge in [0.05, 0.1) is 10.8 Å². The molecule has 1 aromatic heterocycles. The Morgan fingerprint density at radius 1 is 0.236 bits per heavy atom. The first kappa shape index (κ1) is 74.7. The van der Waals surface area contributed by atoms with Crippen LogP contribution in [0.25, 0.3) is 101 Å². The molecule has 2 aliphatic rings. The predicted molar refractivity (Wildman–Crippen MR) is 492 cm³/mol. The van der Waals surface area contributed by atoms with Crippen LogP contribution in [0.3, 0.4) is 0 Å². The van der Waals surface area contributed by atoms with Crippen LogP contribution >= 0.6 is 0 Å². The van der Waals surface area contributed by atoms with Gasteiger partial charge in [-0.2, -0.15) is 0 Å². The van der Waals surface area contributed by atoms with E-state index >= 15 is 8.78 Å². The molecule has 2 atom stereocenters. The number of halogens is 4. The van der Waals surface area contributed by atoms with Crippen LogP contribution in [-0.2, 0) is 10.8 Å². The molecule has 5 nitrogen and oxygen atoms in total. The number of anilines is 6. The van der Waals surface area contributed by atoms with Crippen molar-refractivity contribution < 1.29 is 31.5 Å². The van der Waals surface area contributed by atoms with Crippen LogP contribution in [0.1, 0.15) is 55.6 Å². The van der Waals surface area contributed by atoms with E-state index in [0.29, 0.717) is 34.2 Å². The van der Waals surface area contributed by atoms with Gasteiger partial charge >= 0.3 is 0 Å². The second kappa shape index (κ2) is 30.8. The maximum Gasteiger partial charge on any atom is 0.135 e. The molecule has 2 aliphatic carbocycles. The van der Waals surface area contributed by atoms with E-state index < -0.39 is 10.8 Å². The highest BCUT2D eigenvalue weighted by Crippen LogP contribution is 2.60. The summed E-state index contributed by atoms with van der Waals surface area (Å²) in [5.41, 5.74) is 26.3. The Morgan fingerprint density at radius 2 is 0.512 bits per heavy atom. The normalized spacial score (nSPS) is 14.1. The van der Waals surface area contributed by atoms with Gasteiger partial charge in [-0.15, -0.1) is 0 Å². The van der Waals surface area contributed by atoms with Crippen molar-refractivity contribution in [3.63, 3.8) is 0 Å². The summed E-state index contributed by atoms with van der Waals surface area (Å²) in [6, 6.07) is 136. The number of fused-ring (bicyclic) bond motifs is 9. The molecule has 1 heterocycles. The van der Waals surface area contributed by atoms with Crippen LogP contribution in [0.2, 0.25) is 0 Å². The Balaban J connectivity index is 0.735. The van der Waals surface area contributed by atoms with E-state index in [9.17, 15) is 8.78 Å². The molecule has 0 saturated heterocycles. The first-order chi connectivity index (χ1) is 60.4. The minimum absolute atomic E-state index is 0.293. The van der Waals surface area contributed by atoms with Crippen molar-refractivity contribution in [2.45, 2.75) is 10.8 Å². The molecular formula is C114H74F4N2O3. The number of ether oxygens (including phenoxy) is 2. The molecule has 0 amide bonds. The van der Waals surface area contributed by atoms with Gasteiger partial charge in [0.1, 0.15) is 57.4 Å². The number of furan rings is 1. The first-order valence-electron chi connectivity index (χ1n) is 40.9. The minimum Gasteiger partial charge on any atom is -0.457 e. The zero-order valence-corrected chi connectivity index (χ0v) is 66.5. The monoisotopic (exact) mass is 1590 g/mol. The van der Waals surface area contributed by atoms with Gasteiger partial charge in [-0.1, -0.05) is 244 Å². The lowest BCUT2D eigenvalue weighted by Crippen LogP contribution is -2.29. The smallest absolute Gasteiger partial charge is 0.135 e. The van der Waals surface area contributed by atoms with Gasteiger partial charge in [0.2, 0.25) is 0 Å². The Labute approximate surface area is 710 Å². The zero-order valence-electron chi connectivity index (χ0n) is 66.5. The molecule has 0 spiro atoms. The van der Waals surface area contributed by atoms with Gasteiger partial charge in [0, 0.05) is 44.9 Å². The summed E-state index contributed by atoms with van der Waals surface area (Å²) in [6.07, 6.45) is 3.61. The van der Waals surface area contributed by atoms with Crippen LogP contribution in [0, 0.1) is 23.3 Å². The van der Waals surface area contributed by atoms with Gasteiger partial charge in [0.15, 0.2) is 0 Å². The van der Waals surface area contributed by atoms with E-state index in [1.54, 1.807) is 60.7 Å². The first-order valence-corrected chi connectivity index (χ1v) is 40.9. The van der Waals surface area contributed by atoms with E-state index in [1.165, 1.54) is 24.3 Å². The second-order valence-corrected chi connectivity index (χ2v) is 31.3. The summed E-state index contributed by atoms with van der Waals surface area (Å²) >= 11 is 0. The fraction of sp³-hybridized carbons (Fsp3) is 0.0175. The average molecular weight is 1600 g/mol. The molecule has 2 unspecified atom stereocenters. The Morgan fingerprint density at radius 3 is 0.854 bits per heavy atom. The van der Waals surface area contributed by atoms with Crippen molar-refractivity contribution in [2.24, 2.45) is 0 Å². The van der Waals surface area contributed by atoms with Crippen LogP contribution in [-0.4, -0.2) is 0 Å². The number of hydrogen-bond acceptors (Lipinski definition) is 5. The van der Waals surface area contributed by atoms with Gasteiger partial charge in [-0.05, 0) is 317 Å². The summed E-state index contributed by atoms with van der Waals surface area (Å²) in [5.74, 6) is 1.44. The highest BCUT2D eigenvalue weighted by atomic mass is 19.1. The molecule has 9 heteroatoms. The van der Waals surface area contributed by atoms with E-state index in [4.69, 9.17) is 13.9 Å². The van der Waals surface area contributed by atoms with Crippen LogP contribution in [0.15, 0.2) is 430 Å². The lowest BCUT2D eigenvalue weighted by molar-refractivity contribution is 0.482. The summed E-state index contributed by atoms with van der Waals surface area (Å²) in [7, 11) is 0. The molecule has 0 saturated carbocycles. The molecule has 0 N–H and O–H groups in total. The molecular weight excluding hydrogens is 1520 g/mol. The molecule has 21 rings (SSSR count). The van der Waals surface area contributed by atoms with E-state index in [0.717, 1.165) is 167 Å². The summed E-state index contributed by atoms with van der Waals surface area (Å²) in [6.45, 7) is 7.87. The fourth-order valence-electron chi connectivity index (χ4n) is 18.5. The lowest BCUT2D eigenvalue weighted by atomic mass is 9.67. The average Bonchev–Trinajstić information content (AvgIpc) is 1.54. The Bertz CT molecular complexity index is 6840. The lowest BCUT2D eigenvalue weighted by Gasteiger charge is -2.35. The highest BCUT2D eigenvalue weighted by Gasteiger charge is 2.48. The molecule has 19 aromatic rings. The van der Waals surface area contributed by atoms with Gasteiger partial charge in [-0.3, -0.25) is 0 Å². The molecule has 586 valence electrons. The Hall–Kier alpha value is -15.8. The number of benzene rings is 18. The van der Waals surface area contributed by atoms with Crippen molar-refractivity contribution in [3.8, 4) is 89.8 Å². The van der Waals surface area contributed by atoms with Gasteiger partial charge < -0.3 is 23.7 Å².